The lowest BCUT2D eigenvalue weighted by Crippen LogP contribution is -2.34. The molecule has 4 unspecified atom stereocenters. The van der Waals surface area contributed by atoms with E-state index in [1.165, 1.54) is 19.3 Å². The quantitative estimate of drug-likeness (QED) is 0.398. The molecule has 0 aromatic rings. The van der Waals surface area contributed by atoms with E-state index in [1.54, 1.807) is 0 Å². The van der Waals surface area contributed by atoms with Gasteiger partial charge >= 0.3 is 0 Å². The lowest BCUT2D eigenvalue weighted by Gasteiger charge is -2.35. The molecular weight excluding hydrogens is 267 g/mol. The highest BCUT2D eigenvalue weighted by Gasteiger charge is 2.23. The monoisotopic (exact) mass is 300 g/mol. The number of rotatable bonds is 11. The molecule has 118 valence electrons. The van der Waals surface area contributed by atoms with Crippen molar-refractivity contribution in [1.82, 2.24) is 4.67 Å². The molecule has 0 radical (unpaired) electrons. The largest absolute Gasteiger partial charge is 0.345 e. The summed E-state index contributed by atoms with van der Waals surface area (Å²) in [5, 5.41) is 8.55. The number of hydrogen-bond donors (Lipinski definition) is 0. The van der Waals surface area contributed by atoms with Gasteiger partial charge in [0.05, 0.1) is 28.1 Å². The Morgan fingerprint density at radius 1 is 1.15 bits per heavy atom. The highest BCUT2D eigenvalue weighted by molar-refractivity contribution is 7.29. The molecule has 0 fully saturated rings. The summed E-state index contributed by atoms with van der Waals surface area (Å²) in [6.45, 7) is 14.3. The Morgan fingerprint density at radius 3 is 2.25 bits per heavy atom. The molecule has 0 aliphatic heterocycles. The molecular formula is C16H33N2OP. The summed E-state index contributed by atoms with van der Waals surface area (Å²) in [7, 11) is 0.371. The van der Waals surface area contributed by atoms with Gasteiger partial charge in [-0.25, -0.2) is 0 Å². The van der Waals surface area contributed by atoms with Gasteiger partial charge in [0.1, 0.15) is 0 Å². The van der Waals surface area contributed by atoms with Gasteiger partial charge in [-0.2, -0.15) is 5.26 Å². The minimum absolute atomic E-state index is 0.371. The Bertz CT molecular complexity index is 278. The Balaban J connectivity index is 4.40. The molecule has 0 spiro atoms. The Labute approximate surface area is 128 Å². The van der Waals surface area contributed by atoms with Crippen molar-refractivity contribution in [2.24, 2.45) is 11.8 Å². The molecule has 4 heteroatoms. The van der Waals surface area contributed by atoms with Crippen molar-refractivity contribution in [2.75, 3.05) is 6.61 Å². The molecule has 0 aliphatic carbocycles. The van der Waals surface area contributed by atoms with Gasteiger partial charge in [-0.1, -0.05) is 33.6 Å². The van der Waals surface area contributed by atoms with Gasteiger partial charge in [0.2, 0.25) is 0 Å². The lowest BCUT2D eigenvalue weighted by atomic mass is 9.85. The summed E-state index contributed by atoms with van der Waals surface area (Å²) >= 11 is 0. The van der Waals surface area contributed by atoms with Gasteiger partial charge in [0, 0.05) is 12.1 Å². The third-order valence-electron chi connectivity index (χ3n) is 4.13. The lowest BCUT2D eigenvalue weighted by molar-refractivity contribution is 0.203. The van der Waals surface area contributed by atoms with Crippen molar-refractivity contribution in [3.05, 3.63) is 0 Å². The topological polar surface area (TPSA) is 36.3 Å². The van der Waals surface area contributed by atoms with Crippen molar-refractivity contribution in [3.8, 4) is 6.07 Å². The first-order valence-corrected chi connectivity index (χ1v) is 8.86. The number of nitriles is 1. The maximum atomic E-state index is 8.55. The van der Waals surface area contributed by atoms with Crippen LogP contribution in [-0.4, -0.2) is 23.4 Å². The smallest absolute Gasteiger partial charge is 0.0894 e. The molecule has 4 atom stereocenters. The normalized spacial score (nSPS) is 16.8. The molecule has 0 aliphatic rings. The van der Waals surface area contributed by atoms with Crippen molar-refractivity contribution in [3.63, 3.8) is 0 Å². The number of hydrogen-bond acceptors (Lipinski definition) is 3. The van der Waals surface area contributed by atoms with Crippen LogP contribution in [0.4, 0.5) is 0 Å². The van der Waals surface area contributed by atoms with Crippen LogP contribution in [0.25, 0.3) is 0 Å². The highest BCUT2D eigenvalue weighted by atomic mass is 31.1. The van der Waals surface area contributed by atoms with Crippen LogP contribution in [0.5, 0.6) is 0 Å². The second kappa shape index (κ2) is 11.5. The SMILES string of the molecule is CCC(C)C(CC)CC(C)N(POCCC#N)C(C)C. The first kappa shape index (κ1) is 19.8. The van der Waals surface area contributed by atoms with Gasteiger partial charge in [0.15, 0.2) is 0 Å². The fraction of sp³-hybridized carbons (Fsp3) is 0.938. The van der Waals surface area contributed by atoms with Gasteiger partial charge in [-0.05, 0) is 39.0 Å². The predicted molar refractivity (Wildman–Crippen MR) is 88.8 cm³/mol. The van der Waals surface area contributed by atoms with Crippen molar-refractivity contribution in [2.45, 2.75) is 79.3 Å². The molecule has 0 heterocycles. The Morgan fingerprint density at radius 2 is 1.80 bits per heavy atom. The maximum Gasteiger partial charge on any atom is 0.0894 e. The van der Waals surface area contributed by atoms with Crippen molar-refractivity contribution < 1.29 is 4.52 Å². The molecule has 20 heavy (non-hydrogen) atoms. The fourth-order valence-electron chi connectivity index (χ4n) is 2.61. The summed E-state index contributed by atoms with van der Waals surface area (Å²) < 4.78 is 8.08. The molecule has 0 aromatic heterocycles. The van der Waals surface area contributed by atoms with Gasteiger partial charge in [-0.3, -0.25) is 4.67 Å². The predicted octanol–water partition coefficient (Wildman–Crippen LogP) is 4.99. The van der Waals surface area contributed by atoms with E-state index in [1.807, 2.05) is 0 Å². The van der Waals surface area contributed by atoms with Crippen LogP contribution in [0.2, 0.25) is 0 Å². The van der Waals surface area contributed by atoms with E-state index in [4.69, 9.17) is 9.79 Å². The standard InChI is InChI=1S/C16H33N2OP/c1-7-14(5)16(8-2)12-15(6)18(13(3)4)20-19-11-9-10-17/h13-16,20H,7-9,11-12H2,1-6H3. The molecule has 0 N–H and O–H groups in total. The van der Waals surface area contributed by atoms with E-state index in [9.17, 15) is 0 Å². The second-order valence-corrected chi connectivity index (χ2v) is 6.98. The number of nitrogens with zero attached hydrogens (tertiary/aromatic N) is 2. The van der Waals surface area contributed by atoms with Crippen LogP contribution in [-0.2, 0) is 4.52 Å². The summed E-state index contributed by atoms with van der Waals surface area (Å²) in [6, 6.07) is 3.15. The van der Waals surface area contributed by atoms with Gasteiger partial charge in [0.25, 0.3) is 0 Å². The summed E-state index contributed by atoms with van der Waals surface area (Å²) in [5.41, 5.74) is 0. The summed E-state index contributed by atoms with van der Waals surface area (Å²) in [6.07, 6.45) is 4.23. The van der Waals surface area contributed by atoms with Crippen molar-refractivity contribution in [1.29, 1.82) is 5.26 Å². The van der Waals surface area contributed by atoms with E-state index in [2.05, 4.69) is 52.3 Å². The highest BCUT2D eigenvalue weighted by Crippen LogP contribution is 2.32. The van der Waals surface area contributed by atoms with Crippen LogP contribution in [0.3, 0.4) is 0 Å². The zero-order chi connectivity index (χ0) is 15.5. The minimum atomic E-state index is 0.371. The fourth-order valence-corrected chi connectivity index (χ4v) is 3.45. The van der Waals surface area contributed by atoms with Crippen LogP contribution in [0.15, 0.2) is 0 Å². The van der Waals surface area contributed by atoms with E-state index < -0.39 is 0 Å². The van der Waals surface area contributed by atoms with Crippen LogP contribution < -0.4 is 0 Å². The third kappa shape index (κ3) is 7.58. The molecule has 0 saturated carbocycles. The zero-order valence-corrected chi connectivity index (χ0v) is 15.1. The Hall–Kier alpha value is -0.160. The van der Waals surface area contributed by atoms with E-state index in [0.29, 0.717) is 34.1 Å². The zero-order valence-electron chi connectivity index (χ0n) is 14.1. The summed E-state index contributed by atoms with van der Waals surface area (Å²) in [5.74, 6) is 1.58. The maximum absolute atomic E-state index is 8.55. The minimum Gasteiger partial charge on any atom is -0.345 e. The van der Waals surface area contributed by atoms with Crippen LogP contribution in [0, 0.1) is 23.2 Å². The molecule has 0 saturated heterocycles. The van der Waals surface area contributed by atoms with E-state index in [0.717, 1.165) is 11.8 Å². The average molecular weight is 300 g/mol. The molecule has 0 bridgehead atoms. The molecule has 0 aromatic carbocycles. The molecule has 3 nitrogen and oxygen atoms in total. The van der Waals surface area contributed by atoms with Gasteiger partial charge < -0.3 is 4.52 Å². The van der Waals surface area contributed by atoms with Crippen LogP contribution in [0.1, 0.15) is 67.2 Å². The average Bonchev–Trinajstić information content (AvgIpc) is 2.43. The van der Waals surface area contributed by atoms with Crippen LogP contribution >= 0.6 is 8.96 Å². The summed E-state index contributed by atoms with van der Waals surface area (Å²) in [4.78, 5) is 0. The Kier molecular flexibility index (Phi) is 11.4. The molecule has 0 rings (SSSR count). The second-order valence-electron chi connectivity index (χ2n) is 5.99. The van der Waals surface area contributed by atoms with E-state index in [-0.39, 0.29) is 0 Å². The molecule has 0 amide bonds. The first-order chi connectivity index (χ1) is 9.47. The third-order valence-corrected chi connectivity index (χ3v) is 5.64. The van der Waals surface area contributed by atoms with Crippen molar-refractivity contribution >= 4 is 8.96 Å². The van der Waals surface area contributed by atoms with E-state index >= 15 is 0 Å². The van der Waals surface area contributed by atoms with Gasteiger partial charge in [-0.15, -0.1) is 0 Å². The first-order valence-electron chi connectivity index (χ1n) is 8.00.